The third kappa shape index (κ3) is 4.38. The predicted octanol–water partition coefficient (Wildman–Crippen LogP) is 2.27. The first-order valence-corrected chi connectivity index (χ1v) is 9.68. The topological polar surface area (TPSA) is 107 Å². The number of carbonyl (C=O) groups excluding carboxylic acids is 3. The highest BCUT2D eigenvalue weighted by Gasteiger charge is 2.20. The van der Waals surface area contributed by atoms with Crippen LogP contribution in [0, 0.1) is 0 Å². The average Bonchev–Trinajstić information content (AvgIpc) is 3.43. The second-order valence-corrected chi connectivity index (χ2v) is 7.06. The molecule has 152 valence electrons. The Bertz CT molecular complexity index is 1060. The Morgan fingerprint density at radius 1 is 1.00 bits per heavy atom. The van der Waals surface area contributed by atoms with E-state index in [-0.39, 0.29) is 11.6 Å². The molecule has 2 heterocycles. The van der Waals surface area contributed by atoms with Crippen LogP contribution in [0.5, 0.6) is 0 Å². The molecule has 8 nitrogen and oxygen atoms in total. The molecule has 1 fully saturated rings. The van der Waals surface area contributed by atoms with Crippen LogP contribution in [-0.4, -0.2) is 39.4 Å². The number of nitrogens with one attached hydrogen (secondary N) is 3. The lowest BCUT2D eigenvalue weighted by atomic mass is 10.1. The summed E-state index contributed by atoms with van der Waals surface area (Å²) in [6, 6.07) is 18.0. The summed E-state index contributed by atoms with van der Waals surface area (Å²) in [6.07, 6.45) is 1.49. The highest BCUT2D eigenvalue weighted by molar-refractivity contribution is 5.98. The van der Waals surface area contributed by atoms with Crippen LogP contribution >= 0.6 is 0 Å². The Morgan fingerprint density at radius 2 is 1.73 bits per heavy atom. The van der Waals surface area contributed by atoms with Crippen LogP contribution in [-0.2, 0) is 11.3 Å². The Morgan fingerprint density at radius 3 is 2.43 bits per heavy atom. The quantitative estimate of drug-likeness (QED) is 0.568. The third-order valence-electron chi connectivity index (χ3n) is 4.94. The summed E-state index contributed by atoms with van der Waals surface area (Å²) in [6.45, 7) is 1.31. The van der Waals surface area contributed by atoms with Gasteiger partial charge in [0.05, 0.1) is 5.69 Å². The summed E-state index contributed by atoms with van der Waals surface area (Å²) < 4.78 is 0. The number of hydrogen-bond acceptors (Lipinski definition) is 4. The fourth-order valence-electron chi connectivity index (χ4n) is 3.30. The van der Waals surface area contributed by atoms with Crippen molar-refractivity contribution in [3.05, 3.63) is 77.5 Å². The summed E-state index contributed by atoms with van der Waals surface area (Å²) in [5.41, 5.74) is 7.89. The van der Waals surface area contributed by atoms with Gasteiger partial charge in [0.2, 0.25) is 5.91 Å². The number of nitrogens with zero attached hydrogens (tertiary/aromatic N) is 2. The summed E-state index contributed by atoms with van der Waals surface area (Å²) in [7, 11) is 0. The molecule has 0 atom stereocenters. The molecule has 4 rings (SSSR count). The first-order chi connectivity index (χ1) is 14.6. The van der Waals surface area contributed by atoms with Crippen LogP contribution in [0.25, 0.3) is 11.3 Å². The van der Waals surface area contributed by atoms with Crippen LogP contribution in [0.2, 0.25) is 0 Å². The Balaban J connectivity index is 1.31. The molecule has 0 spiro atoms. The summed E-state index contributed by atoms with van der Waals surface area (Å²) in [5, 5.41) is 6.79. The number of carbonyl (C=O) groups is 3. The lowest BCUT2D eigenvalue weighted by Gasteiger charge is -2.15. The first kappa shape index (κ1) is 19.4. The van der Waals surface area contributed by atoms with Gasteiger partial charge in [0.15, 0.2) is 0 Å². The lowest BCUT2D eigenvalue weighted by molar-refractivity contribution is -0.128. The zero-order valence-corrected chi connectivity index (χ0v) is 16.2. The number of benzene rings is 2. The number of aromatic amines is 1. The maximum Gasteiger partial charge on any atom is 0.287 e. The van der Waals surface area contributed by atoms with Crippen molar-refractivity contribution in [1.29, 1.82) is 0 Å². The van der Waals surface area contributed by atoms with Gasteiger partial charge in [0, 0.05) is 30.6 Å². The molecule has 1 aliphatic rings. The Labute approximate surface area is 173 Å². The van der Waals surface area contributed by atoms with Crippen LogP contribution in [0.1, 0.15) is 39.3 Å². The number of rotatable bonds is 5. The van der Waals surface area contributed by atoms with Crippen LogP contribution < -0.4 is 10.9 Å². The fraction of sp³-hybridized carbons (Fsp3) is 0.182. The number of H-pyrrole nitrogens is 1. The smallest absolute Gasteiger partial charge is 0.287 e. The maximum atomic E-state index is 12.3. The molecule has 3 amide bonds. The molecule has 3 N–H and O–H groups in total. The van der Waals surface area contributed by atoms with Gasteiger partial charge in [-0.2, -0.15) is 5.10 Å². The monoisotopic (exact) mass is 403 g/mol. The van der Waals surface area contributed by atoms with Crippen molar-refractivity contribution in [1.82, 2.24) is 25.9 Å². The van der Waals surface area contributed by atoms with Gasteiger partial charge in [-0.05, 0) is 30.2 Å². The van der Waals surface area contributed by atoms with Crippen molar-refractivity contribution < 1.29 is 14.4 Å². The predicted molar refractivity (Wildman–Crippen MR) is 110 cm³/mol. The molecular formula is C22H21N5O3. The van der Waals surface area contributed by atoms with Crippen molar-refractivity contribution in [3.63, 3.8) is 0 Å². The van der Waals surface area contributed by atoms with Crippen molar-refractivity contribution in [2.75, 3.05) is 6.54 Å². The van der Waals surface area contributed by atoms with E-state index in [1.165, 1.54) is 0 Å². The van der Waals surface area contributed by atoms with E-state index in [1.807, 2.05) is 47.4 Å². The molecule has 1 aliphatic heterocycles. The molecule has 0 bridgehead atoms. The molecule has 0 aliphatic carbocycles. The largest absolute Gasteiger partial charge is 0.338 e. The molecule has 0 radical (unpaired) electrons. The Hall–Kier alpha value is -3.94. The molecule has 30 heavy (non-hydrogen) atoms. The van der Waals surface area contributed by atoms with Gasteiger partial charge < -0.3 is 4.90 Å². The molecule has 8 heteroatoms. The van der Waals surface area contributed by atoms with Gasteiger partial charge in [-0.3, -0.25) is 30.3 Å². The van der Waals surface area contributed by atoms with Crippen molar-refractivity contribution in [2.24, 2.45) is 0 Å². The van der Waals surface area contributed by atoms with E-state index in [9.17, 15) is 14.4 Å². The van der Waals surface area contributed by atoms with E-state index >= 15 is 0 Å². The summed E-state index contributed by atoms with van der Waals surface area (Å²) >= 11 is 0. The van der Waals surface area contributed by atoms with Crippen LogP contribution in [0.15, 0.2) is 60.7 Å². The van der Waals surface area contributed by atoms with E-state index in [2.05, 4.69) is 21.0 Å². The molecule has 2 aromatic carbocycles. The number of likely N-dealkylation sites (tertiary alicyclic amines) is 1. The van der Waals surface area contributed by atoms with Gasteiger partial charge in [-0.15, -0.1) is 0 Å². The summed E-state index contributed by atoms with van der Waals surface area (Å²) in [5.74, 6) is -0.772. The third-order valence-corrected chi connectivity index (χ3v) is 4.94. The van der Waals surface area contributed by atoms with E-state index in [4.69, 9.17) is 0 Å². The van der Waals surface area contributed by atoms with E-state index in [0.717, 1.165) is 24.1 Å². The minimum absolute atomic E-state index is 0.161. The zero-order valence-electron chi connectivity index (χ0n) is 16.2. The van der Waals surface area contributed by atoms with Gasteiger partial charge in [0.1, 0.15) is 5.69 Å². The van der Waals surface area contributed by atoms with Crippen molar-refractivity contribution in [3.8, 4) is 11.3 Å². The molecule has 0 unspecified atom stereocenters. The average molecular weight is 403 g/mol. The fourth-order valence-corrected chi connectivity index (χ4v) is 3.30. The minimum Gasteiger partial charge on any atom is -0.338 e. The van der Waals surface area contributed by atoms with Crippen LogP contribution in [0.3, 0.4) is 0 Å². The van der Waals surface area contributed by atoms with Gasteiger partial charge in [-0.1, -0.05) is 42.5 Å². The maximum absolute atomic E-state index is 12.3. The van der Waals surface area contributed by atoms with Crippen molar-refractivity contribution in [2.45, 2.75) is 19.4 Å². The highest BCUT2D eigenvalue weighted by Crippen LogP contribution is 2.17. The molecular weight excluding hydrogens is 382 g/mol. The molecule has 1 aromatic heterocycles. The molecule has 3 aromatic rings. The van der Waals surface area contributed by atoms with E-state index in [0.29, 0.717) is 24.2 Å². The van der Waals surface area contributed by atoms with Gasteiger partial charge >= 0.3 is 0 Å². The first-order valence-electron chi connectivity index (χ1n) is 9.68. The van der Waals surface area contributed by atoms with E-state index in [1.54, 1.807) is 18.2 Å². The standard InChI is InChI=1S/C22H21N5O3/c28-20-7-4-12-27(20)14-15-8-10-17(11-9-15)21(29)25-26-22(30)19-13-18(23-24-19)16-5-2-1-3-6-16/h1-3,5-6,8-11,13H,4,7,12,14H2,(H,23,24)(H,25,29)(H,26,30). The van der Waals surface area contributed by atoms with Crippen molar-refractivity contribution >= 4 is 17.7 Å². The zero-order chi connectivity index (χ0) is 20.9. The number of aromatic nitrogens is 2. The second kappa shape index (κ2) is 8.60. The normalized spacial score (nSPS) is 13.3. The lowest BCUT2D eigenvalue weighted by Crippen LogP contribution is -2.41. The number of hydrogen-bond donors (Lipinski definition) is 3. The summed E-state index contributed by atoms with van der Waals surface area (Å²) in [4.78, 5) is 38.1. The minimum atomic E-state index is -0.498. The highest BCUT2D eigenvalue weighted by atomic mass is 16.2. The van der Waals surface area contributed by atoms with Gasteiger partial charge in [-0.25, -0.2) is 0 Å². The van der Waals surface area contributed by atoms with E-state index < -0.39 is 11.8 Å². The SMILES string of the molecule is O=C(NNC(=O)c1cc(-c2ccccc2)n[nH]1)c1ccc(CN2CCCC2=O)cc1. The van der Waals surface area contributed by atoms with Crippen LogP contribution in [0.4, 0.5) is 0 Å². The molecule has 1 saturated heterocycles. The number of amides is 3. The van der Waals surface area contributed by atoms with Gasteiger partial charge in [0.25, 0.3) is 11.8 Å². The number of hydrazine groups is 1. The Kier molecular flexibility index (Phi) is 5.56. The molecule has 0 saturated carbocycles. The second-order valence-electron chi connectivity index (χ2n) is 7.06.